The maximum Gasteiger partial charge on any atom is 0.271 e. The van der Waals surface area contributed by atoms with Crippen molar-refractivity contribution in [3.8, 4) is 0 Å². The van der Waals surface area contributed by atoms with Crippen LogP contribution < -0.4 is 0 Å². The molecule has 7 heavy (non-hydrogen) atoms. The molecule has 0 spiro atoms. The molecule has 0 aliphatic rings. The van der Waals surface area contributed by atoms with Gasteiger partial charge in [0, 0.05) is 0 Å². The summed E-state index contributed by atoms with van der Waals surface area (Å²) in [5, 5.41) is -1.31. The third kappa shape index (κ3) is 0.928. The molecule has 1 aromatic rings. The molecular weight excluding hydrogens is 120 g/mol. The van der Waals surface area contributed by atoms with Crippen LogP contribution in [0.5, 0.6) is 0 Å². The topological polar surface area (TPSA) is 12.9 Å². The fourth-order valence-electron chi connectivity index (χ4n) is 0.235. The second-order valence-electron chi connectivity index (χ2n) is 0.917. The molecule has 4 heteroatoms. The third-order valence-corrected chi connectivity index (χ3v) is 1.02. The van der Waals surface area contributed by atoms with Crippen molar-refractivity contribution < 1.29 is 8.78 Å². The van der Waals surface area contributed by atoms with Crippen molar-refractivity contribution in [2.24, 2.45) is 0 Å². The van der Waals surface area contributed by atoms with Crippen LogP contribution in [-0.4, -0.2) is 4.98 Å². The van der Waals surface area contributed by atoms with Gasteiger partial charge < -0.3 is 0 Å². The van der Waals surface area contributed by atoms with E-state index < -0.39 is 10.4 Å². The maximum atomic E-state index is 11.6. The smallest absolute Gasteiger partial charge is 0.215 e. The average Bonchev–Trinajstić information content (AvgIpc) is 1.87. The highest BCUT2D eigenvalue weighted by Crippen LogP contribution is 2.06. The fraction of sp³-hybridized carbons (Fsp3) is 0. The normalized spacial score (nSPS) is 9.43. The number of hydrogen-bond donors (Lipinski definition) is 0. The van der Waals surface area contributed by atoms with E-state index in [9.17, 15) is 8.78 Å². The van der Waals surface area contributed by atoms with E-state index in [0.29, 0.717) is 11.3 Å². The summed E-state index contributed by atoms with van der Waals surface area (Å²) in [4.78, 5) is 2.99. The Labute approximate surface area is 42.6 Å². The average molecular weight is 121 g/mol. The van der Waals surface area contributed by atoms with E-state index in [-0.39, 0.29) is 0 Å². The highest BCUT2D eigenvalue weighted by Gasteiger charge is 1.94. The zero-order chi connectivity index (χ0) is 5.28. The molecule has 1 heterocycles. The molecule has 1 aromatic heterocycles. The maximum absolute atomic E-state index is 11.6. The van der Waals surface area contributed by atoms with E-state index in [1.165, 1.54) is 0 Å². The van der Waals surface area contributed by atoms with E-state index in [1.54, 1.807) is 0 Å². The summed E-state index contributed by atoms with van der Waals surface area (Å²) in [6, 6.07) is 0. The highest BCUT2D eigenvalue weighted by atomic mass is 32.1. The Morgan fingerprint density at radius 2 is 2.29 bits per heavy atom. The standard InChI is InChI=1S/C3HF2NS/c4-2-1-6-3(5)7-2/h1H. The van der Waals surface area contributed by atoms with Crippen LogP contribution in [0.1, 0.15) is 0 Å². The lowest BCUT2D eigenvalue weighted by Crippen LogP contribution is -1.58. The van der Waals surface area contributed by atoms with Crippen LogP contribution >= 0.6 is 11.3 Å². The molecule has 0 saturated heterocycles. The Morgan fingerprint density at radius 3 is 2.43 bits per heavy atom. The molecule has 0 aromatic carbocycles. The van der Waals surface area contributed by atoms with Crippen molar-refractivity contribution in [2.75, 3.05) is 0 Å². The van der Waals surface area contributed by atoms with Crippen molar-refractivity contribution in [1.82, 2.24) is 4.98 Å². The predicted octanol–water partition coefficient (Wildman–Crippen LogP) is 1.42. The Balaban J connectivity index is 3.04. The third-order valence-electron chi connectivity index (χ3n) is 0.449. The highest BCUT2D eigenvalue weighted by molar-refractivity contribution is 7.08. The van der Waals surface area contributed by atoms with Crippen LogP contribution in [0.3, 0.4) is 0 Å². The van der Waals surface area contributed by atoms with Gasteiger partial charge in [0.25, 0.3) is 5.26 Å². The lowest BCUT2D eigenvalue weighted by molar-refractivity contribution is 0.615. The van der Waals surface area contributed by atoms with Crippen LogP contribution in [0.2, 0.25) is 0 Å². The van der Waals surface area contributed by atoms with Crippen LogP contribution in [-0.2, 0) is 0 Å². The first-order chi connectivity index (χ1) is 3.29. The fourth-order valence-corrected chi connectivity index (χ4v) is 0.606. The van der Waals surface area contributed by atoms with E-state index >= 15 is 0 Å². The summed E-state index contributed by atoms with van der Waals surface area (Å²) < 4.78 is 23.2. The van der Waals surface area contributed by atoms with Crippen LogP contribution in [0.4, 0.5) is 8.78 Å². The Bertz CT molecular complexity index is 145. The van der Waals surface area contributed by atoms with Crippen LogP contribution in [0, 0.1) is 10.4 Å². The Hall–Kier alpha value is -0.510. The molecule has 38 valence electrons. The van der Waals surface area contributed by atoms with Gasteiger partial charge in [-0.2, -0.15) is 8.78 Å². The number of hydrogen-bond acceptors (Lipinski definition) is 2. The van der Waals surface area contributed by atoms with E-state index in [4.69, 9.17) is 0 Å². The molecule has 0 radical (unpaired) electrons. The van der Waals surface area contributed by atoms with Crippen molar-refractivity contribution in [3.05, 3.63) is 16.6 Å². The zero-order valence-corrected chi connectivity index (χ0v) is 4.01. The summed E-state index contributed by atoms with van der Waals surface area (Å²) in [5.74, 6) is 0. The summed E-state index contributed by atoms with van der Waals surface area (Å²) in [6.07, 6.45) is 0.847. The molecular formula is C3HF2NS. The Morgan fingerprint density at radius 1 is 1.57 bits per heavy atom. The first-order valence-electron chi connectivity index (χ1n) is 1.56. The van der Waals surface area contributed by atoms with Crippen molar-refractivity contribution in [3.63, 3.8) is 0 Å². The number of halogens is 2. The van der Waals surface area contributed by atoms with Gasteiger partial charge in [0.05, 0.1) is 6.20 Å². The SMILES string of the molecule is Fc1cnc(F)s1. The first-order valence-corrected chi connectivity index (χ1v) is 2.37. The summed E-state index contributed by atoms with van der Waals surface area (Å²) in [6.45, 7) is 0. The van der Waals surface area contributed by atoms with Gasteiger partial charge in [0.15, 0.2) is 5.13 Å². The molecule has 0 atom stereocenters. The molecule has 0 amide bonds. The van der Waals surface area contributed by atoms with Gasteiger partial charge in [0.1, 0.15) is 0 Å². The van der Waals surface area contributed by atoms with Gasteiger partial charge in [0.2, 0.25) is 0 Å². The number of nitrogens with zero attached hydrogens (tertiary/aromatic N) is 1. The number of thiazole rings is 1. The predicted molar refractivity (Wildman–Crippen MR) is 22.0 cm³/mol. The van der Waals surface area contributed by atoms with Gasteiger partial charge >= 0.3 is 0 Å². The van der Waals surface area contributed by atoms with Crippen molar-refractivity contribution in [2.45, 2.75) is 0 Å². The molecule has 0 N–H and O–H groups in total. The Kier molecular flexibility index (Phi) is 1.02. The second-order valence-corrected chi connectivity index (χ2v) is 1.85. The molecule has 0 aliphatic carbocycles. The van der Waals surface area contributed by atoms with E-state index in [0.717, 1.165) is 6.20 Å². The summed E-state index contributed by atoms with van der Waals surface area (Å²) >= 11 is 0.398. The minimum Gasteiger partial charge on any atom is -0.215 e. The molecule has 0 unspecified atom stereocenters. The van der Waals surface area contributed by atoms with Crippen LogP contribution in [0.25, 0.3) is 0 Å². The molecule has 0 fully saturated rings. The van der Waals surface area contributed by atoms with Gasteiger partial charge in [-0.1, -0.05) is 11.3 Å². The van der Waals surface area contributed by atoms with Gasteiger partial charge in [-0.15, -0.1) is 0 Å². The minimum absolute atomic E-state index is 0.398. The van der Waals surface area contributed by atoms with E-state index in [1.807, 2.05) is 0 Å². The first kappa shape index (κ1) is 4.64. The number of rotatable bonds is 0. The van der Waals surface area contributed by atoms with Gasteiger partial charge in [-0.3, -0.25) is 0 Å². The molecule has 1 nitrogen and oxygen atoms in total. The minimum atomic E-state index is -0.725. The summed E-state index contributed by atoms with van der Waals surface area (Å²) in [5.41, 5.74) is 0. The largest absolute Gasteiger partial charge is 0.271 e. The molecule has 0 saturated carbocycles. The molecule has 1 rings (SSSR count). The molecule has 0 bridgehead atoms. The summed E-state index contributed by atoms with van der Waals surface area (Å²) in [7, 11) is 0. The number of aromatic nitrogens is 1. The van der Waals surface area contributed by atoms with Gasteiger partial charge in [-0.05, 0) is 0 Å². The lowest BCUT2D eigenvalue weighted by Gasteiger charge is -1.61. The van der Waals surface area contributed by atoms with Crippen LogP contribution in [0.15, 0.2) is 6.20 Å². The second kappa shape index (κ2) is 1.54. The van der Waals surface area contributed by atoms with E-state index in [2.05, 4.69) is 4.98 Å². The quantitative estimate of drug-likeness (QED) is 0.505. The van der Waals surface area contributed by atoms with Gasteiger partial charge in [-0.25, -0.2) is 4.98 Å². The zero-order valence-electron chi connectivity index (χ0n) is 3.19. The van der Waals surface area contributed by atoms with Crippen molar-refractivity contribution >= 4 is 11.3 Å². The lowest BCUT2D eigenvalue weighted by atomic mass is 11.0. The van der Waals surface area contributed by atoms with Crippen molar-refractivity contribution in [1.29, 1.82) is 0 Å². The monoisotopic (exact) mass is 121 g/mol. The molecule has 0 aliphatic heterocycles.